The van der Waals surface area contributed by atoms with Crippen LogP contribution in [0.25, 0.3) is 11.3 Å². The van der Waals surface area contributed by atoms with Crippen LogP contribution in [0, 0.1) is 0 Å². The monoisotopic (exact) mass is 480 g/mol. The molecular weight excluding hydrogens is 460 g/mol. The van der Waals surface area contributed by atoms with Crippen LogP contribution < -0.4 is 4.90 Å². The Morgan fingerprint density at radius 3 is 2.52 bits per heavy atom. The molecule has 1 aliphatic rings. The second-order valence-electron chi connectivity index (χ2n) is 7.35. The Balaban J connectivity index is 2.06. The third-order valence-corrected chi connectivity index (χ3v) is 5.87. The average molecular weight is 482 g/mol. The molecule has 158 valence electrons. The van der Waals surface area contributed by atoms with Gasteiger partial charge in [0.1, 0.15) is 0 Å². The molecule has 0 bridgehead atoms. The molecule has 0 spiro atoms. The lowest BCUT2D eigenvalue weighted by Gasteiger charge is -2.36. The van der Waals surface area contributed by atoms with Gasteiger partial charge in [-0.2, -0.15) is 8.78 Å². The number of anilines is 1. The van der Waals surface area contributed by atoms with E-state index in [9.17, 15) is 8.78 Å². The van der Waals surface area contributed by atoms with Gasteiger partial charge in [-0.15, -0.1) is 0 Å². The highest BCUT2D eigenvalue weighted by molar-refractivity contribution is 7.17. The first-order valence-corrected chi connectivity index (χ1v) is 10.8. The molecule has 1 saturated heterocycles. The minimum absolute atomic E-state index is 0.138. The van der Waals surface area contributed by atoms with Gasteiger partial charge in [-0.3, -0.25) is 0 Å². The first-order valence-electron chi connectivity index (χ1n) is 9.10. The molecular formula is C19H22Cl3F2N4P. The van der Waals surface area contributed by atoms with Crippen LogP contribution >= 0.6 is 44.0 Å². The smallest absolute Gasteiger partial charge is 0.283 e. The van der Waals surface area contributed by atoms with Crippen molar-refractivity contribution < 1.29 is 8.78 Å². The molecule has 0 N–H and O–H groups in total. The maximum absolute atomic E-state index is 13.8. The first-order chi connectivity index (χ1) is 13.4. The van der Waals surface area contributed by atoms with Gasteiger partial charge in [0, 0.05) is 30.3 Å². The van der Waals surface area contributed by atoms with Crippen LogP contribution in [0.5, 0.6) is 0 Å². The van der Waals surface area contributed by atoms with Gasteiger partial charge in [0.2, 0.25) is 9.74 Å². The zero-order chi connectivity index (χ0) is 21.4. The Morgan fingerprint density at radius 2 is 1.90 bits per heavy atom. The number of rotatable bonds is 4. The molecule has 2 heterocycles. The number of benzene rings is 1. The van der Waals surface area contributed by atoms with E-state index in [1.807, 2.05) is 19.0 Å². The van der Waals surface area contributed by atoms with Crippen LogP contribution in [0.3, 0.4) is 0 Å². The van der Waals surface area contributed by atoms with Gasteiger partial charge in [0.25, 0.3) is 5.66 Å². The number of aromatic nitrogens is 2. The predicted molar refractivity (Wildman–Crippen MR) is 119 cm³/mol. The quantitative estimate of drug-likeness (QED) is 0.431. The summed E-state index contributed by atoms with van der Waals surface area (Å²) < 4.78 is 25.8. The van der Waals surface area contributed by atoms with E-state index in [4.69, 9.17) is 34.8 Å². The molecule has 10 heteroatoms. The van der Waals surface area contributed by atoms with E-state index in [0.29, 0.717) is 23.2 Å². The van der Waals surface area contributed by atoms with Crippen LogP contribution in [-0.2, 0) is 9.46 Å². The van der Waals surface area contributed by atoms with Crippen molar-refractivity contribution in [3.05, 3.63) is 41.6 Å². The van der Waals surface area contributed by atoms with E-state index < -0.39 is 9.46 Å². The van der Waals surface area contributed by atoms with E-state index in [1.54, 1.807) is 21.4 Å². The third-order valence-electron chi connectivity index (χ3n) is 4.96. The molecule has 1 aliphatic heterocycles. The van der Waals surface area contributed by atoms with Crippen molar-refractivity contribution in [2.24, 2.45) is 0 Å². The predicted octanol–water partition coefficient (Wildman–Crippen LogP) is 5.43. The van der Waals surface area contributed by atoms with Gasteiger partial charge in [0.05, 0.1) is 11.4 Å². The topological polar surface area (TPSA) is 32.3 Å². The van der Waals surface area contributed by atoms with E-state index >= 15 is 0 Å². The van der Waals surface area contributed by atoms with E-state index in [0.717, 1.165) is 25.9 Å². The molecule has 4 nitrogen and oxygen atoms in total. The Bertz CT molecular complexity index is 871. The average Bonchev–Trinajstić information content (AvgIpc) is 2.66. The number of likely N-dealkylation sites (N-methyl/N-ethyl adjacent to an activating group) is 1. The number of halogens is 5. The van der Waals surface area contributed by atoms with E-state index in [2.05, 4.69) is 14.9 Å². The Hall–Kier alpha value is -0.780. The fourth-order valence-electron chi connectivity index (χ4n) is 3.31. The van der Waals surface area contributed by atoms with Gasteiger partial charge in [-0.25, -0.2) is 9.97 Å². The summed E-state index contributed by atoms with van der Waals surface area (Å²) >= 11 is 18.3. The molecule has 2 atom stereocenters. The van der Waals surface area contributed by atoms with Crippen LogP contribution in [0.15, 0.2) is 30.3 Å². The van der Waals surface area contributed by atoms with Crippen molar-refractivity contribution in [1.82, 2.24) is 14.9 Å². The number of hydrogen-bond acceptors (Lipinski definition) is 4. The van der Waals surface area contributed by atoms with Gasteiger partial charge >= 0.3 is 0 Å². The lowest BCUT2D eigenvalue weighted by Crippen LogP contribution is -2.45. The van der Waals surface area contributed by atoms with Crippen molar-refractivity contribution in [3.63, 3.8) is 0 Å². The fourth-order valence-corrected chi connectivity index (χ4v) is 3.78. The maximum Gasteiger partial charge on any atom is 0.283 e. The van der Waals surface area contributed by atoms with Gasteiger partial charge in [-0.1, -0.05) is 62.2 Å². The summed E-state index contributed by atoms with van der Waals surface area (Å²) in [6.07, 6.45) is 2.06. The van der Waals surface area contributed by atoms with Crippen molar-refractivity contribution in [3.8, 4) is 11.3 Å². The van der Waals surface area contributed by atoms with E-state index in [1.165, 1.54) is 18.2 Å². The molecule has 29 heavy (non-hydrogen) atoms. The molecule has 3 rings (SSSR count). The highest BCUT2D eigenvalue weighted by Crippen LogP contribution is 2.40. The summed E-state index contributed by atoms with van der Waals surface area (Å²) in [4.78, 5) is 13.3. The van der Waals surface area contributed by atoms with Gasteiger partial charge in [0.15, 0.2) is 0 Å². The fraction of sp³-hybridized carbons (Fsp3) is 0.474. The van der Waals surface area contributed by atoms with Crippen molar-refractivity contribution >= 4 is 50.0 Å². The molecule has 2 unspecified atom stereocenters. The minimum atomic E-state index is -3.05. The maximum atomic E-state index is 13.8. The standard InChI is InChI=1S/C19H22Cl3F2N4P/c1-27(2)14-7-4-8-28(11-14)17-25-15(10-16(26-17)18(20,21)22)12-5-3-6-13(9-12)19(23,24)29/h3,5-6,9-10,14H,4,7-8,11,29H2,1-2H3. The molecule has 1 fully saturated rings. The highest BCUT2D eigenvalue weighted by atomic mass is 35.6. The first kappa shape index (κ1) is 22.9. The minimum Gasteiger partial charge on any atom is -0.339 e. The molecule has 2 aromatic rings. The molecule has 1 aromatic heterocycles. The van der Waals surface area contributed by atoms with Crippen LogP contribution in [0.2, 0.25) is 0 Å². The molecule has 0 amide bonds. The zero-order valence-electron chi connectivity index (χ0n) is 16.0. The van der Waals surface area contributed by atoms with Gasteiger partial charge < -0.3 is 9.80 Å². The van der Waals surface area contributed by atoms with Crippen molar-refractivity contribution in [1.29, 1.82) is 0 Å². The second kappa shape index (κ2) is 8.76. The van der Waals surface area contributed by atoms with Crippen molar-refractivity contribution in [2.45, 2.75) is 28.3 Å². The van der Waals surface area contributed by atoms with Crippen LogP contribution in [0.4, 0.5) is 14.7 Å². The Labute approximate surface area is 186 Å². The zero-order valence-corrected chi connectivity index (χ0v) is 19.5. The summed E-state index contributed by atoms with van der Waals surface area (Å²) in [5.41, 5.74) is -2.04. The summed E-state index contributed by atoms with van der Waals surface area (Å²) in [6.45, 7) is 1.51. The number of piperidine rings is 1. The summed E-state index contributed by atoms with van der Waals surface area (Å²) in [6, 6.07) is 7.89. The lowest BCUT2D eigenvalue weighted by atomic mass is 10.1. The second-order valence-corrected chi connectivity index (χ2v) is 10.4. The van der Waals surface area contributed by atoms with Crippen LogP contribution in [-0.4, -0.2) is 48.1 Å². The largest absolute Gasteiger partial charge is 0.339 e. The summed E-state index contributed by atoms with van der Waals surface area (Å²) in [5, 5.41) is 0. The third kappa shape index (κ3) is 5.68. The van der Waals surface area contributed by atoms with Crippen LogP contribution in [0.1, 0.15) is 24.1 Å². The SMILES string of the molecule is CN(C)C1CCCN(c2nc(-c3cccc(C(F)(F)P)c3)cc(C(Cl)(Cl)Cl)n2)C1. The highest BCUT2D eigenvalue weighted by Gasteiger charge is 2.30. The van der Waals surface area contributed by atoms with E-state index in [-0.39, 0.29) is 11.3 Å². The Kier molecular flexibility index (Phi) is 6.92. The molecule has 0 aliphatic carbocycles. The lowest BCUT2D eigenvalue weighted by molar-refractivity contribution is 0.104. The molecule has 0 radical (unpaired) electrons. The van der Waals surface area contributed by atoms with Gasteiger partial charge in [-0.05, 0) is 39.1 Å². The summed E-state index contributed by atoms with van der Waals surface area (Å²) in [5.74, 6) is 0.429. The summed E-state index contributed by atoms with van der Waals surface area (Å²) in [7, 11) is 5.61. The molecule has 0 saturated carbocycles. The van der Waals surface area contributed by atoms with Crippen molar-refractivity contribution in [2.75, 3.05) is 32.1 Å². The number of alkyl halides is 5. The Morgan fingerprint density at radius 1 is 1.17 bits per heavy atom. The number of hydrogen-bond donors (Lipinski definition) is 0. The molecule has 1 aromatic carbocycles. The normalized spacial score (nSPS) is 18.4. The number of nitrogens with zero attached hydrogens (tertiary/aromatic N) is 4.